The number of hydrogen-bond donors (Lipinski definition) is 2. The van der Waals surface area contributed by atoms with Gasteiger partial charge >= 0.3 is 0 Å². The molecule has 100 valence electrons. The molecule has 0 aliphatic rings. The van der Waals surface area contributed by atoms with Crippen molar-refractivity contribution in [2.45, 2.75) is 19.4 Å². The van der Waals surface area contributed by atoms with Gasteiger partial charge in [-0.1, -0.05) is 12.1 Å². The van der Waals surface area contributed by atoms with Gasteiger partial charge in [0.25, 0.3) is 0 Å². The van der Waals surface area contributed by atoms with Gasteiger partial charge in [-0.15, -0.1) is 0 Å². The van der Waals surface area contributed by atoms with E-state index in [1.807, 2.05) is 6.92 Å². The van der Waals surface area contributed by atoms with Gasteiger partial charge in [-0.05, 0) is 31.0 Å². The van der Waals surface area contributed by atoms with Crippen LogP contribution in [0.2, 0.25) is 0 Å². The molecule has 0 saturated carbocycles. The number of guanidine groups is 1. The Morgan fingerprint density at radius 2 is 2.11 bits per heavy atom. The number of aliphatic imine (C=N–C) groups is 1. The number of hydrogen-bond acceptors (Lipinski definition) is 2. The first-order valence-corrected chi connectivity index (χ1v) is 5.91. The van der Waals surface area contributed by atoms with Crippen LogP contribution in [-0.2, 0) is 11.2 Å². The Morgan fingerprint density at radius 1 is 1.44 bits per heavy atom. The zero-order valence-electron chi connectivity index (χ0n) is 10.8. The van der Waals surface area contributed by atoms with Crippen LogP contribution in [0.4, 0.5) is 4.39 Å². The number of ether oxygens (including phenoxy) is 1. The summed E-state index contributed by atoms with van der Waals surface area (Å²) in [6.45, 7) is 3.12. The van der Waals surface area contributed by atoms with Crippen molar-refractivity contribution < 1.29 is 9.13 Å². The normalized spacial score (nSPS) is 13.4. The fourth-order valence-electron chi connectivity index (χ4n) is 1.55. The lowest BCUT2D eigenvalue weighted by Gasteiger charge is -2.12. The van der Waals surface area contributed by atoms with Gasteiger partial charge in [-0.3, -0.25) is 4.99 Å². The predicted octanol–water partition coefficient (Wildman–Crippen LogP) is 1.31. The molecule has 1 aromatic rings. The van der Waals surface area contributed by atoms with E-state index in [4.69, 9.17) is 10.5 Å². The molecule has 0 fully saturated rings. The van der Waals surface area contributed by atoms with Gasteiger partial charge < -0.3 is 15.8 Å². The van der Waals surface area contributed by atoms with Crippen LogP contribution in [0.15, 0.2) is 29.3 Å². The third-order valence-corrected chi connectivity index (χ3v) is 2.41. The minimum atomic E-state index is -0.225. The first-order valence-electron chi connectivity index (χ1n) is 5.91. The fraction of sp³-hybridized carbons (Fsp3) is 0.462. The van der Waals surface area contributed by atoms with Gasteiger partial charge in [0.05, 0.1) is 6.61 Å². The minimum absolute atomic E-state index is 0.129. The van der Waals surface area contributed by atoms with Crippen LogP contribution in [0, 0.1) is 5.82 Å². The molecule has 1 aromatic carbocycles. The van der Waals surface area contributed by atoms with Crippen LogP contribution >= 0.6 is 0 Å². The number of halogens is 1. The van der Waals surface area contributed by atoms with E-state index in [1.54, 1.807) is 19.2 Å². The second-order valence-electron chi connectivity index (χ2n) is 4.14. The van der Waals surface area contributed by atoms with Gasteiger partial charge in [0.1, 0.15) is 5.82 Å². The first-order chi connectivity index (χ1) is 8.61. The van der Waals surface area contributed by atoms with Crippen LogP contribution in [0.1, 0.15) is 12.5 Å². The van der Waals surface area contributed by atoms with Crippen molar-refractivity contribution in [3.63, 3.8) is 0 Å². The number of benzene rings is 1. The van der Waals surface area contributed by atoms with E-state index in [1.165, 1.54) is 12.1 Å². The Balaban J connectivity index is 2.33. The highest BCUT2D eigenvalue weighted by molar-refractivity contribution is 5.78. The van der Waals surface area contributed by atoms with Crippen LogP contribution in [0.3, 0.4) is 0 Å². The number of methoxy groups -OCH3 is 1. The quantitative estimate of drug-likeness (QED) is 0.593. The molecule has 0 aromatic heterocycles. The molecule has 0 spiro atoms. The van der Waals surface area contributed by atoms with Gasteiger partial charge in [0.15, 0.2) is 5.96 Å². The predicted molar refractivity (Wildman–Crippen MR) is 71.1 cm³/mol. The molecule has 5 heteroatoms. The molecule has 3 N–H and O–H groups in total. The van der Waals surface area contributed by atoms with E-state index in [2.05, 4.69) is 10.3 Å². The highest BCUT2D eigenvalue weighted by atomic mass is 19.1. The van der Waals surface area contributed by atoms with Crippen molar-refractivity contribution in [1.82, 2.24) is 5.32 Å². The Bertz CT molecular complexity index is 378. The maximum atomic E-state index is 12.7. The Morgan fingerprint density at radius 3 is 2.72 bits per heavy atom. The Labute approximate surface area is 107 Å². The molecule has 0 heterocycles. The second kappa shape index (κ2) is 7.66. The third-order valence-electron chi connectivity index (χ3n) is 2.41. The molecule has 1 atom stereocenters. The maximum Gasteiger partial charge on any atom is 0.188 e. The SMILES string of the molecule is COCC(C)NC(N)=NCCc1ccc(F)cc1. The molecule has 0 radical (unpaired) electrons. The lowest BCUT2D eigenvalue weighted by molar-refractivity contribution is 0.179. The number of nitrogens with zero attached hydrogens (tertiary/aromatic N) is 1. The standard InChI is InChI=1S/C13H20FN3O/c1-10(9-18-2)17-13(15)16-8-7-11-3-5-12(14)6-4-11/h3-6,10H,7-9H2,1-2H3,(H3,15,16,17). The van der Waals surface area contributed by atoms with E-state index in [9.17, 15) is 4.39 Å². The van der Waals surface area contributed by atoms with Crippen LogP contribution < -0.4 is 11.1 Å². The maximum absolute atomic E-state index is 12.7. The molecule has 0 aliphatic heterocycles. The molecule has 18 heavy (non-hydrogen) atoms. The van der Waals surface area contributed by atoms with Crippen LogP contribution in [0.25, 0.3) is 0 Å². The molecular formula is C13H20FN3O. The number of rotatable bonds is 6. The van der Waals surface area contributed by atoms with E-state index >= 15 is 0 Å². The molecule has 0 saturated heterocycles. The summed E-state index contributed by atoms with van der Waals surface area (Å²) in [7, 11) is 1.64. The van der Waals surface area contributed by atoms with Crippen LogP contribution in [0.5, 0.6) is 0 Å². The zero-order chi connectivity index (χ0) is 13.4. The van der Waals surface area contributed by atoms with Crippen molar-refractivity contribution in [3.8, 4) is 0 Å². The summed E-state index contributed by atoms with van der Waals surface area (Å²) in [6.07, 6.45) is 0.737. The monoisotopic (exact) mass is 253 g/mol. The zero-order valence-corrected chi connectivity index (χ0v) is 10.8. The molecule has 1 rings (SSSR count). The minimum Gasteiger partial charge on any atom is -0.383 e. The lowest BCUT2D eigenvalue weighted by atomic mass is 10.1. The molecule has 0 bridgehead atoms. The molecule has 1 unspecified atom stereocenters. The second-order valence-corrected chi connectivity index (χ2v) is 4.14. The molecule has 0 amide bonds. The van der Waals surface area contributed by atoms with Crippen molar-refractivity contribution in [2.24, 2.45) is 10.7 Å². The summed E-state index contributed by atoms with van der Waals surface area (Å²) >= 11 is 0. The molecule has 4 nitrogen and oxygen atoms in total. The average Bonchev–Trinajstić information content (AvgIpc) is 2.32. The highest BCUT2D eigenvalue weighted by Gasteiger charge is 2.01. The Hall–Kier alpha value is -1.62. The van der Waals surface area contributed by atoms with Crippen molar-refractivity contribution >= 4 is 5.96 Å². The van der Waals surface area contributed by atoms with Crippen molar-refractivity contribution in [3.05, 3.63) is 35.6 Å². The van der Waals surface area contributed by atoms with E-state index in [0.717, 1.165) is 12.0 Å². The summed E-state index contributed by atoms with van der Waals surface area (Å²) in [5.74, 6) is 0.179. The summed E-state index contributed by atoms with van der Waals surface area (Å²) in [6, 6.07) is 6.52. The summed E-state index contributed by atoms with van der Waals surface area (Å²) < 4.78 is 17.7. The Kier molecular flexibility index (Phi) is 6.14. The van der Waals surface area contributed by atoms with Gasteiger partial charge in [0.2, 0.25) is 0 Å². The van der Waals surface area contributed by atoms with Gasteiger partial charge in [-0.2, -0.15) is 0 Å². The smallest absolute Gasteiger partial charge is 0.188 e. The molecular weight excluding hydrogens is 233 g/mol. The van der Waals surface area contributed by atoms with Gasteiger partial charge in [-0.25, -0.2) is 4.39 Å². The average molecular weight is 253 g/mol. The number of nitrogens with one attached hydrogen (secondary N) is 1. The van der Waals surface area contributed by atoms with Crippen molar-refractivity contribution in [1.29, 1.82) is 0 Å². The lowest BCUT2D eigenvalue weighted by Crippen LogP contribution is -2.40. The fourth-order valence-corrected chi connectivity index (χ4v) is 1.55. The summed E-state index contributed by atoms with van der Waals surface area (Å²) in [5.41, 5.74) is 6.76. The van der Waals surface area contributed by atoms with E-state index in [-0.39, 0.29) is 11.9 Å². The molecule has 0 aliphatic carbocycles. The van der Waals surface area contributed by atoms with E-state index < -0.39 is 0 Å². The summed E-state index contributed by atoms with van der Waals surface area (Å²) in [5, 5.41) is 3.02. The van der Waals surface area contributed by atoms with Gasteiger partial charge in [0, 0.05) is 19.7 Å². The van der Waals surface area contributed by atoms with Crippen molar-refractivity contribution in [2.75, 3.05) is 20.3 Å². The third kappa shape index (κ3) is 5.63. The first kappa shape index (κ1) is 14.4. The topological polar surface area (TPSA) is 59.6 Å². The largest absolute Gasteiger partial charge is 0.383 e. The highest BCUT2D eigenvalue weighted by Crippen LogP contribution is 2.03. The summed E-state index contributed by atoms with van der Waals surface area (Å²) in [4.78, 5) is 4.20. The van der Waals surface area contributed by atoms with Crippen LogP contribution in [-0.4, -0.2) is 32.3 Å². The van der Waals surface area contributed by atoms with E-state index in [0.29, 0.717) is 19.1 Å². The number of nitrogens with two attached hydrogens (primary N) is 1.